The van der Waals surface area contributed by atoms with Gasteiger partial charge in [0, 0.05) is 22.3 Å². The van der Waals surface area contributed by atoms with Gasteiger partial charge in [-0.1, -0.05) is 34.9 Å². The molecule has 1 amide bonds. The standard InChI is InChI=1S/C22H26N2O3S/c1-11-6-7-16(14(4)8-11)19-15(5)28-22(23-19)24-20(25)17-9-12(2)13(3)10-18(17)21(26)27/h6-8,17-18H,9-10H2,1-5H3,(H,26,27)(H,23,24,25)/p-1/t17-,18-/m1/s1. The number of rotatable bonds is 4. The van der Waals surface area contributed by atoms with E-state index in [1.165, 1.54) is 16.9 Å². The van der Waals surface area contributed by atoms with Crippen LogP contribution in [0.5, 0.6) is 0 Å². The molecule has 28 heavy (non-hydrogen) atoms. The molecule has 1 heterocycles. The molecule has 1 N–H and O–H groups in total. The van der Waals surface area contributed by atoms with Crippen molar-refractivity contribution in [2.45, 2.75) is 47.5 Å². The fourth-order valence-electron chi connectivity index (χ4n) is 3.79. The molecule has 148 valence electrons. The number of aliphatic carboxylic acids is 1. The zero-order chi connectivity index (χ0) is 20.6. The number of hydrogen-bond donors (Lipinski definition) is 1. The summed E-state index contributed by atoms with van der Waals surface area (Å²) >= 11 is 1.41. The van der Waals surface area contributed by atoms with Crippen LogP contribution in [0.3, 0.4) is 0 Å². The number of hydrogen-bond acceptors (Lipinski definition) is 5. The minimum absolute atomic E-state index is 0.304. The lowest BCUT2D eigenvalue weighted by atomic mass is 9.76. The third-order valence-electron chi connectivity index (χ3n) is 5.57. The highest BCUT2D eigenvalue weighted by molar-refractivity contribution is 7.16. The maximum atomic E-state index is 12.8. The van der Waals surface area contributed by atoms with Crippen molar-refractivity contribution in [3.63, 3.8) is 0 Å². The van der Waals surface area contributed by atoms with Gasteiger partial charge in [-0.2, -0.15) is 0 Å². The molecule has 0 fully saturated rings. The van der Waals surface area contributed by atoms with Crippen LogP contribution >= 0.6 is 11.3 Å². The lowest BCUT2D eigenvalue weighted by molar-refractivity contribution is -0.313. The lowest BCUT2D eigenvalue weighted by Gasteiger charge is -2.32. The Bertz CT molecular complexity index is 974. The van der Waals surface area contributed by atoms with Gasteiger partial charge in [-0.05, 0) is 53.0 Å². The number of aromatic nitrogens is 1. The molecule has 2 atom stereocenters. The third kappa shape index (κ3) is 4.02. The Balaban J connectivity index is 1.84. The number of nitrogens with one attached hydrogen (secondary N) is 1. The summed E-state index contributed by atoms with van der Waals surface area (Å²) in [6, 6.07) is 6.20. The number of allylic oxidation sites excluding steroid dienone is 2. The quantitative estimate of drug-likeness (QED) is 0.796. The van der Waals surface area contributed by atoms with E-state index >= 15 is 0 Å². The molecular formula is C22H25N2O3S-. The van der Waals surface area contributed by atoms with Crippen LogP contribution in [0.2, 0.25) is 0 Å². The molecule has 2 aromatic rings. The Kier molecular flexibility index (Phi) is 5.70. The number of aryl methyl sites for hydroxylation is 3. The summed E-state index contributed by atoms with van der Waals surface area (Å²) in [7, 11) is 0. The maximum Gasteiger partial charge on any atom is 0.230 e. The summed E-state index contributed by atoms with van der Waals surface area (Å²) in [4.78, 5) is 30.0. The molecule has 1 aromatic heterocycles. The number of thiazole rings is 1. The molecule has 6 heteroatoms. The predicted molar refractivity (Wildman–Crippen MR) is 110 cm³/mol. The average molecular weight is 398 g/mol. The Morgan fingerprint density at radius 3 is 2.32 bits per heavy atom. The van der Waals surface area contributed by atoms with Gasteiger partial charge in [-0.3, -0.25) is 4.79 Å². The highest BCUT2D eigenvalue weighted by atomic mass is 32.1. The van der Waals surface area contributed by atoms with E-state index in [9.17, 15) is 14.7 Å². The molecule has 1 aliphatic carbocycles. The van der Waals surface area contributed by atoms with E-state index in [1.807, 2.05) is 46.8 Å². The van der Waals surface area contributed by atoms with E-state index in [0.29, 0.717) is 18.0 Å². The molecule has 0 aliphatic heterocycles. The van der Waals surface area contributed by atoms with Gasteiger partial charge in [0.05, 0.1) is 11.6 Å². The second kappa shape index (κ2) is 7.87. The molecular weight excluding hydrogens is 372 g/mol. The second-order valence-corrected chi connectivity index (χ2v) is 8.94. The van der Waals surface area contributed by atoms with Gasteiger partial charge in [-0.25, -0.2) is 4.98 Å². The summed E-state index contributed by atoms with van der Waals surface area (Å²) in [6.07, 6.45) is 0.793. The zero-order valence-electron chi connectivity index (χ0n) is 16.9. The van der Waals surface area contributed by atoms with Gasteiger partial charge in [0.1, 0.15) is 0 Å². The minimum atomic E-state index is -1.17. The molecule has 1 aromatic carbocycles. The van der Waals surface area contributed by atoms with Gasteiger partial charge < -0.3 is 15.2 Å². The van der Waals surface area contributed by atoms with Crippen molar-refractivity contribution in [2.24, 2.45) is 11.8 Å². The first-order valence-electron chi connectivity index (χ1n) is 9.39. The van der Waals surface area contributed by atoms with Crippen molar-refractivity contribution < 1.29 is 14.7 Å². The summed E-state index contributed by atoms with van der Waals surface area (Å²) in [5, 5.41) is 14.9. The van der Waals surface area contributed by atoms with Crippen molar-refractivity contribution in [1.29, 1.82) is 0 Å². The van der Waals surface area contributed by atoms with E-state index in [4.69, 9.17) is 0 Å². The first-order valence-corrected chi connectivity index (χ1v) is 10.2. The van der Waals surface area contributed by atoms with Gasteiger partial charge in [-0.15, -0.1) is 11.3 Å². The number of carboxylic acid groups (broad SMARTS) is 1. The highest BCUT2D eigenvalue weighted by Crippen LogP contribution is 2.36. The van der Waals surface area contributed by atoms with Crippen molar-refractivity contribution in [3.05, 3.63) is 45.3 Å². The van der Waals surface area contributed by atoms with Crippen LogP contribution in [0.4, 0.5) is 5.13 Å². The third-order valence-corrected chi connectivity index (χ3v) is 6.46. The number of amides is 1. The molecule has 0 bridgehead atoms. The van der Waals surface area contributed by atoms with Gasteiger partial charge in [0.2, 0.25) is 5.91 Å². The number of anilines is 1. The molecule has 0 spiro atoms. The summed E-state index contributed by atoms with van der Waals surface area (Å²) in [6.45, 7) is 9.94. The smallest absolute Gasteiger partial charge is 0.230 e. The Labute approximate surface area is 169 Å². The van der Waals surface area contributed by atoms with E-state index in [-0.39, 0.29) is 5.91 Å². The Morgan fingerprint density at radius 2 is 1.71 bits per heavy atom. The van der Waals surface area contributed by atoms with E-state index in [2.05, 4.69) is 16.4 Å². The number of benzene rings is 1. The monoisotopic (exact) mass is 397 g/mol. The zero-order valence-corrected chi connectivity index (χ0v) is 17.7. The maximum absolute atomic E-state index is 12.8. The van der Waals surface area contributed by atoms with Crippen molar-refractivity contribution in [2.75, 3.05) is 5.32 Å². The van der Waals surface area contributed by atoms with Crippen LogP contribution in [0.1, 0.15) is 42.7 Å². The van der Waals surface area contributed by atoms with Crippen molar-refractivity contribution in [3.8, 4) is 11.3 Å². The molecule has 5 nitrogen and oxygen atoms in total. The lowest BCUT2D eigenvalue weighted by Crippen LogP contribution is -2.42. The highest BCUT2D eigenvalue weighted by Gasteiger charge is 2.34. The van der Waals surface area contributed by atoms with Crippen LogP contribution < -0.4 is 10.4 Å². The minimum Gasteiger partial charge on any atom is -0.550 e. The first-order chi connectivity index (χ1) is 13.2. The summed E-state index contributed by atoms with van der Waals surface area (Å²) in [5.41, 5.74) is 6.31. The largest absolute Gasteiger partial charge is 0.550 e. The molecule has 0 unspecified atom stereocenters. The average Bonchev–Trinajstić information content (AvgIpc) is 2.96. The molecule has 1 aliphatic rings. The SMILES string of the molecule is CC1=C(C)C[C@@H](C(=O)Nc2nc(-c3ccc(C)cc3C)c(C)s2)[C@H](C(=O)[O-])C1. The van der Waals surface area contributed by atoms with E-state index < -0.39 is 17.8 Å². The summed E-state index contributed by atoms with van der Waals surface area (Å²) < 4.78 is 0. The van der Waals surface area contributed by atoms with Gasteiger partial charge in [0.15, 0.2) is 5.13 Å². The van der Waals surface area contributed by atoms with Crippen LogP contribution in [0, 0.1) is 32.6 Å². The van der Waals surface area contributed by atoms with Gasteiger partial charge in [0.25, 0.3) is 0 Å². The van der Waals surface area contributed by atoms with Crippen LogP contribution in [0.25, 0.3) is 11.3 Å². The fraction of sp³-hybridized carbons (Fsp3) is 0.409. The summed E-state index contributed by atoms with van der Waals surface area (Å²) in [5.74, 6) is -2.91. The number of nitrogens with zero attached hydrogens (tertiary/aromatic N) is 1. The van der Waals surface area contributed by atoms with Crippen LogP contribution in [-0.4, -0.2) is 16.9 Å². The number of carbonyl (C=O) groups is 2. The van der Waals surface area contributed by atoms with Crippen LogP contribution in [0.15, 0.2) is 29.3 Å². The Hall–Kier alpha value is -2.47. The van der Waals surface area contributed by atoms with E-state index in [0.717, 1.165) is 32.8 Å². The molecule has 0 saturated carbocycles. The number of carbonyl (C=O) groups excluding carboxylic acids is 2. The topological polar surface area (TPSA) is 82.1 Å². The Morgan fingerprint density at radius 1 is 1.07 bits per heavy atom. The van der Waals surface area contributed by atoms with Crippen molar-refractivity contribution in [1.82, 2.24) is 4.98 Å². The van der Waals surface area contributed by atoms with Crippen molar-refractivity contribution >= 4 is 28.3 Å². The van der Waals surface area contributed by atoms with Crippen LogP contribution in [-0.2, 0) is 9.59 Å². The number of carboxylic acids is 1. The van der Waals surface area contributed by atoms with Gasteiger partial charge >= 0.3 is 0 Å². The molecule has 0 radical (unpaired) electrons. The first kappa shape index (κ1) is 20.3. The van der Waals surface area contributed by atoms with E-state index in [1.54, 1.807) is 0 Å². The predicted octanol–water partition coefficient (Wildman–Crippen LogP) is 3.79. The second-order valence-electron chi connectivity index (χ2n) is 7.73. The fourth-order valence-corrected chi connectivity index (χ4v) is 4.62. The normalized spacial score (nSPS) is 19.6. The molecule has 0 saturated heterocycles. The molecule has 3 rings (SSSR count).